The summed E-state index contributed by atoms with van der Waals surface area (Å²) in [7, 11) is 0. The Bertz CT molecular complexity index is 651. The predicted octanol–water partition coefficient (Wildman–Crippen LogP) is 4.29. The Kier molecular flexibility index (Phi) is 3.23. The lowest BCUT2D eigenvalue weighted by atomic mass is 9.72. The highest BCUT2D eigenvalue weighted by atomic mass is 16.3. The van der Waals surface area contributed by atoms with Gasteiger partial charge in [-0.15, -0.1) is 0 Å². The molecule has 1 N–H and O–H groups in total. The fraction of sp³-hybridized carbons (Fsp3) is 0.263. The predicted molar refractivity (Wildman–Crippen MR) is 83.5 cm³/mol. The molecule has 1 aliphatic carbocycles. The first kappa shape index (κ1) is 13.1. The van der Waals surface area contributed by atoms with Crippen molar-refractivity contribution in [1.82, 2.24) is 0 Å². The molecule has 1 aliphatic rings. The fourth-order valence-corrected chi connectivity index (χ4v) is 2.97. The third-order valence-electron chi connectivity index (χ3n) is 4.19. The summed E-state index contributed by atoms with van der Waals surface area (Å²) < 4.78 is 0. The molecule has 1 heteroatoms. The van der Waals surface area contributed by atoms with Crippen LogP contribution in [0.2, 0.25) is 0 Å². The van der Waals surface area contributed by atoms with Crippen molar-refractivity contribution in [2.45, 2.75) is 32.3 Å². The van der Waals surface area contributed by atoms with E-state index in [4.69, 9.17) is 0 Å². The Balaban J connectivity index is 2.19. The highest BCUT2D eigenvalue weighted by Gasteiger charge is 2.28. The molecular weight excluding hydrogens is 244 g/mol. The van der Waals surface area contributed by atoms with Crippen LogP contribution in [0.1, 0.15) is 42.5 Å². The maximum Gasteiger partial charge on any atom is 0.0682 e. The van der Waals surface area contributed by atoms with E-state index in [1.165, 1.54) is 22.3 Å². The molecule has 0 heterocycles. The number of rotatable bonds is 2. The van der Waals surface area contributed by atoms with Crippen molar-refractivity contribution in [2.75, 3.05) is 0 Å². The summed E-state index contributed by atoms with van der Waals surface area (Å²) in [5.41, 5.74) is 6.30. The first-order chi connectivity index (χ1) is 9.62. The van der Waals surface area contributed by atoms with Gasteiger partial charge in [-0.05, 0) is 45.7 Å². The van der Waals surface area contributed by atoms with Crippen LogP contribution in [0.5, 0.6) is 0 Å². The summed E-state index contributed by atoms with van der Waals surface area (Å²) in [4.78, 5) is 0. The average Bonchev–Trinajstić information content (AvgIpc) is 2.47. The zero-order valence-electron chi connectivity index (χ0n) is 12.1. The van der Waals surface area contributed by atoms with Gasteiger partial charge in [0.25, 0.3) is 0 Å². The summed E-state index contributed by atoms with van der Waals surface area (Å²) >= 11 is 0. The van der Waals surface area contributed by atoms with Crippen molar-refractivity contribution >= 4 is 5.57 Å². The maximum atomic E-state index is 9.41. The lowest BCUT2D eigenvalue weighted by Gasteiger charge is -2.32. The minimum atomic E-state index is 0.0930. The SMILES string of the molecule is CC1(C)CC=C(c2ccccc2)c2cc(CO)ccc21. The number of fused-ring (bicyclic) bond motifs is 1. The molecule has 0 saturated heterocycles. The van der Waals surface area contributed by atoms with E-state index in [0.717, 1.165) is 12.0 Å². The topological polar surface area (TPSA) is 20.2 Å². The third kappa shape index (κ3) is 2.19. The van der Waals surface area contributed by atoms with Gasteiger partial charge >= 0.3 is 0 Å². The van der Waals surface area contributed by atoms with Gasteiger partial charge in [0.05, 0.1) is 6.61 Å². The molecule has 1 nitrogen and oxygen atoms in total. The van der Waals surface area contributed by atoms with Gasteiger partial charge in [0.1, 0.15) is 0 Å². The minimum Gasteiger partial charge on any atom is -0.392 e. The average molecular weight is 264 g/mol. The van der Waals surface area contributed by atoms with E-state index < -0.39 is 0 Å². The Labute approximate surface area is 120 Å². The second-order valence-electron chi connectivity index (χ2n) is 6.11. The second-order valence-corrected chi connectivity index (χ2v) is 6.11. The summed E-state index contributed by atoms with van der Waals surface area (Å²) in [6, 6.07) is 16.8. The third-order valence-corrected chi connectivity index (χ3v) is 4.19. The molecule has 20 heavy (non-hydrogen) atoms. The molecular formula is C19H20O. The molecule has 2 aromatic rings. The Hall–Kier alpha value is -1.86. The zero-order chi connectivity index (χ0) is 14.2. The lowest BCUT2D eigenvalue weighted by Crippen LogP contribution is -2.22. The Morgan fingerprint density at radius 1 is 1.05 bits per heavy atom. The van der Waals surface area contributed by atoms with Crippen LogP contribution in [0.25, 0.3) is 5.57 Å². The summed E-state index contributed by atoms with van der Waals surface area (Å²) in [5, 5.41) is 9.41. The molecule has 0 saturated carbocycles. The van der Waals surface area contributed by atoms with Gasteiger partial charge in [0.15, 0.2) is 0 Å². The van der Waals surface area contributed by atoms with Gasteiger partial charge < -0.3 is 5.11 Å². The molecule has 2 aromatic carbocycles. The van der Waals surface area contributed by atoms with Crippen LogP contribution in [0.15, 0.2) is 54.6 Å². The normalized spacial score (nSPS) is 16.4. The van der Waals surface area contributed by atoms with Gasteiger partial charge in [-0.25, -0.2) is 0 Å². The summed E-state index contributed by atoms with van der Waals surface area (Å²) in [5.74, 6) is 0. The maximum absolute atomic E-state index is 9.41. The molecule has 0 atom stereocenters. The van der Waals surface area contributed by atoms with E-state index in [0.29, 0.717) is 0 Å². The van der Waals surface area contributed by atoms with Gasteiger partial charge in [-0.1, -0.05) is 62.4 Å². The van der Waals surface area contributed by atoms with Crippen LogP contribution in [0.3, 0.4) is 0 Å². The van der Waals surface area contributed by atoms with E-state index in [-0.39, 0.29) is 12.0 Å². The zero-order valence-corrected chi connectivity index (χ0v) is 12.1. The van der Waals surface area contributed by atoms with Gasteiger partial charge in [-0.2, -0.15) is 0 Å². The van der Waals surface area contributed by atoms with Crippen molar-refractivity contribution in [2.24, 2.45) is 0 Å². The fourth-order valence-electron chi connectivity index (χ4n) is 2.97. The highest BCUT2D eigenvalue weighted by Crippen LogP contribution is 2.41. The Morgan fingerprint density at radius 2 is 1.80 bits per heavy atom. The summed E-state index contributed by atoms with van der Waals surface area (Å²) in [6.07, 6.45) is 3.38. The molecule has 0 spiro atoms. The number of hydrogen-bond donors (Lipinski definition) is 1. The molecule has 0 bridgehead atoms. The van der Waals surface area contributed by atoms with Crippen LogP contribution >= 0.6 is 0 Å². The first-order valence-electron chi connectivity index (χ1n) is 7.12. The van der Waals surface area contributed by atoms with E-state index in [9.17, 15) is 5.11 Å². The van der Waals surface area contributed by atoms with E-state index in [1.54, 1.807) is 0 Å². The molecule has 0 aromatic heterocycles. The second kappa shape index (κ2) is 4.92. The van der Waals surface area contributed by atoms with Gasteiger partial charge in [-0.3, -0.25) is 0 Å². The van der Waals surface area contributed by atoms with Crippen molar-refractivity contribution in [3.8, 4) is 0 Å². The van der Waals surface area contributed by atoms with Crippen molar-refractivity contribution < 1.29 is 5.11 Å². The molecule has 0 fully saturated rings. The quantitative estimate of drug-likeness (QED) is 0.857. The monoisotopic (exact) mass is 264 g/mol. The van der Waals surface area contributed by atoms with Crippen molar-refractivity contribution in [3.05, 3.63) is 76.9 Å². The van der Waals surface area contributed by atoms with Crippen LogP contribution < -0.4 is 0 Å². The standard InChI is InChI=1S/C19H20O/c1-19(2)11-10-16(15-6-4-3-5-7-15)17-12-14(13-20)8-9-18(17)19/h3-10,12,20H,11,13H2,1-2H3. The minimum absolute atomic E-state index is 0.0930. The smallest absolute Gasteiger partial charge is 0.0682 e. The molecule has 0 unspecified atom stereocenters. The number of aliphatic hydroxyl groups excluding tert-OH is 1. The van der Waals surface area contributed by atoms with E-state index in [2.05, 4.69) is 56.3 Å². The first-order valence-corrected chi connectivity index (χ1v) is 7.12. The molecule has 0 amide bonds. The van der Waals surface area contributed by atoms with Crippen molar-refractivity contribution in [3.63, 3.8) is 0 Å². The Morgan fingerprint density at radius 3 is 2.50 bits per heavy atom. The van der Waals surface area contributed by atoms with Crippen LogP contribution in [-0.4, -0.2) is 5.11 Å². The highest BCUT2D eigenvalue weighted by molar-refractivity contribution is 5.83. The van der Waals surface area contributed by atoms with Crippen molar-refractivity contribution in [1.29, 1.82) is 0 Å². The van der Waals surface area contributed by atoms with Crippen LogP contribution in [-0.2, 0) is 12.0 Å². The summed E-state index contributed by atoms with van der Waals surface area (Å²) in [6.45, 7) is 4.65. The van der Waals surface area contributed by atoms with Crippen LogP contribution in [0.4, 0.5) is 0 Å². The van der Waals surface area contributed by atoms with Gasteiger partial charge in [0, 0.05) is 0 Å². The number of hydrogen-bond acceptors (Lipinski definition) is 1. The largest absolute Gasteiger partial charge is 0.392 e. The number of benzene rings is 2. The number of aliphatic hydroxyl groups is 1. The van der Waals surface area contributed by atoms with Gasteiger partial charge in [0.2, 0.25) is 0 Å². The van der Waals surface area contributed by atoms with Crippen LogP contribution in [0, 0.1) is 0 Å². The lowest BCUT2D eigenvalue weighted by molar-refractivity contribution is 0.281. The van der Waals surface area contributed by atoms with E-state index >= 15 is 0 Å². The van der Waals surface area contributed by atoms with E-state index in [1.807, 2.05) is 12.1 Å². The molecule has 102 valence electrons. The molecule has 3 rings (SSSR count). The molecule has 0 aliphatic heterocycles. The molecule has 0 radical (unpaired) electrons. The number of allylic oxidation sites excluding steroid dienone is 1.